The second-order valence-corrected chi connectivity index (χ2v) is 5.13. The van der Waals surface area contributed by atoms with E-state index in [0.29, 0.717) is 11.4 Å². The smallest absolute Gasteiger partial charge is 0.397 e. The Morgan fingerprint density at radius 2 is 1.86 bits per heavy atom. The normalized spacial score (nSPS) is 13.5. The van der Waals surface area contributed by atoms with E-state index in [0.717, 1.165) is 4.90 Å². The van der Waals surface area contributed by atoms with Crippen LogP contribution in [-0.2, 0) is 4.79 Å². The van der Waals surface area contributed by atoms with Gasteiger partial charge in [-0.15, -0.1) is 0 Å². The maximum absolute atomic E-state index is 12.6. The lowest BCUT2D eigenvalue weighted by Crippen LogP contribution is -2.49. The van der Waals surface area contributed by atoms with Crippen LogP contribution in [0.25, 0.3) is 0 Å². The first-order valence-corrected chi connectivity index (χ1v) is 6.59. The van der Waals surface area contributed by atoms with Crippen molar-refractivity contribution >= 4 is 17.3 Å². The number of carbonyl (C=O) groups is 1. The monoisotopic (exact) mass is 303 g/mol. The average molecular weight is 303 g/mol. The van der Waals surface area contributed by atoms with Gasteiger partial charge >= 0.3 is 6.18 Å². The number of alkyl halides is 3. The van der Waals surface area contributed by atoms with Crippen molar-refractivity contribution in [3.63, 3.8) is 0 Å². The van der Waals surface area contributed by atoms with Crippen LogP contribution in [0.3, 0.4) is 0 Å². The molecule has 0 fully saturated rings. The molecule has 1 atom stereocenters. The van der Waals surface area contributed by atoms with E-state index in [1.54, 1.807) is 38.1 Å². The fourth-order valence-electron chi connectivity index (χ4n) is 1.97. The zero-order chi connectivity index (χ0) is 16.2. The maximum Gasteiger partial charge on any atom is 0.401 e. The molecule has 0 bridgehead atoms. The molecule has 4 nitrogen and oxygen atoms in total. The number of rotatable bonds is 5. The second kappa shape index (κ2) is 6.80. The Morgan fingerprint density at radius 1 is 1.29 bits per heavy atom. The Balaban J connectivity index is 2.82. The fraction of sp³-hybridized carbons (Fsp3) is 0.500. The molecule has 1 aromatic carbocycles. The third kappa shape index (κ3) is 5.26. The summed E-state index contributed by atoms with van der Waals surface area (Å²) in [6.07, 6.45) is -4.36. The number of nitrogens with one attached hydrogen (secondary N) is 1. The molecule has 118 valence electrons. The average Bonchev–Trinajstić information content (AvgIpc) is 2.36. The van der Waals surface area contributed by atoms with Crippen molar-refractivity contribution in [2.45, 2.75) is 39.0 Å². The van der Waals surface area contributed by atoms with Gasteiger partial charge in [0.25, 0.3) is 0 Å². The zero-order valence-corrected chi connectivity index (χ0v) is 12.2. The van der Waals surface area contributed by atoms with Crippen LogP contribution in [0, 0.1) is 0 Å². The minimum Gasteiger partial charge on any atom is -0.397 e. The molecule has 0 spiro atoms. The number of amides is 1. The fourth-order valence-corrected chi connectivity index (χ4v) is 1.97. The van der Waals surface area contributed by atoms with Gasteiger partial charge in [0, 0.05) is 6.04 Å². The topological polar surface area (TPSA) is 58.4 Å². The molecule has 3 N–H and O–H groups in total. The molecule has 0 aliphatic rings. The predicted molar refractivity (Wildman–Crippen MR) is 76.8 cm³/mol. The Labute approximate surface area is 122 Å². The Bertz CT molecular complexity index is 489. The first kappa shape index (κ1) is 17.3. The van der Waals surface area contributed by atoms with Crippen LogP contribution >= 0.6 is 0 Å². The minimum absolute atomic E-state index is 0.366. The lowest BCUT2D eigenvalue weighted by Gasteiger charge is -2.32. The number of hydrogen-bond donors (Lipinski definition) is 2. The third-order valence-corrected chi connectivity index (χ3v) is 3.12. The summed E-state index contributed by atoms with van der Waals surface area (Å²) < 4.78 is 37.8. The summed E-state index contributed by atoms with van der Waals surface area (Å²) in [5.74, 6) is -0.522. The molecule has 0 saturated heterocycles. The molecule has 1 rings (SSSR count). The highest BCUT2D eigenvalue weighted by molar-refractivity contribution is 5.97. The zero-order valence-electron chi connectivity index (χ0n) is 12.2. The van der Waals surface area contributed by atoms with Crippen molar-refractivity contribution in [3.8, 4) is 0 Å². The van der Waals surface area contributed by atoms with E-state index in [2.05, 4.69) is 5.32 Å². The number of nitrogen functional groups attached to an aromatic ring is 1. The minimum atomic E-state index is -4.36. The van der Waals surface area contributed by atoms with E-state index >= 15 is 0 Å². The summed E-state index contributed by atoms with van der Waals surface area (Å²) >= 11 is 0. The summed E-state index contributed by atoms with van der Waals surface area (Å²) in [7, 11) is 0. The molecule has 0 heterocycles. The number of carbonyl (C=O) groups excluding carboxylic acids is 1. The van der Waals surface area contributed by atoms with E-state index in [4.69, 9.17) is 5.73 Å². The van der Waals surface area contributed by atoms with Crippen molar-refractivity contribution in [2.24, 2.45) is 0 Å². The molecule has 0 saturated carbocycles. The first-order chi connectivity index (χ1) is 9.61. The van der Waals surface area contributed by atoms with Gasteiger partial charge in [0.15, 0.2) is 0 Å². The molecule has 0 radical (unpaired) electrons. The number of nitrogens with zero attached hydrogens (tertiary/aromatic N) is 1. The summed E-state index contributed by atoms with van der Waals surface area (Å²) in [4.78, 5) is 13.2. The van der Waals surface area contributed by atoms with E-state index in [1.807, 2.05) is 0 Å². The lowest BCUT2D eigenvalue weighted by atomic mass is 10.2. The molecule has 1 unspecified atom stereocenters. The Kier molecular flexibility index (Phi) is 5.60. The Morgan fingerprint density at radius 3 is 2.33 bits per heavy atom. The van der Waals surface area contributed by atoms with Crippen molar-refractivity contribution < 1.29 is 18.0 Å². The van der Waals surface area contributed by atoms with Crippen LogP contribution in [0.15, 0.2) is 24.3 Å². The van der Waals surface area contributed by atoms with E-state index in [1.165, 1.54) is 6.92 Å². The summed E-state index contributed by atoms with van der Waals surface area (Å²) in [5, 5.41) is 2.56. The molecule has 0 aliphatic carbocycles. The number of anilines is 2. The van der Waals surface area contributed by atoms with Gasteiger partial charge in [0.2, 0.25) is 5.91 Å². The van der Waals surface area contributed by atoms with E-state index < -0.39 is 30.7 Å². The van der Waals surface area contributed by atoms with Gasteiger partial charge in [-0.25, -0.2) is 0 Å². The maximum atomic E-state index is 12.6. The largest absolute Gasteiger partial charge is 0.401 e. The van der Waals surface area contributed by atoms with Crippen LogP contribution in [0.4, 0.5) is 24.5 Å². The molecule has 0 aromatic heterocycles. The molecule has 1 amide bonds. The molecule has 0 aliphatic heterocycles. The summed E-state index contributed by atoms with van der Waals surface area (Å²) in [5.41, 5.74) is 6.46. The lowest BCUT2D eigenvalue weighted by molar-refractivity contribution is -0.157. The van der Waals surface area contributed by atoms with Gasteiger partial charge in [0.1, 0.15) is 0 Å². The molecular formula is C14H20F3N3O. The van der Waals surface area contributed by atoms with Gasteiger partial charge in [-0.1, -0.05) is 12.1 Å². The molecule has 21 heavy (non-hydrogen) atoms. The molecule has 7 heteroatoms. The number of halogens is 3. The summed E-state index contributed by atoms with van der Waals surface area (Å²) in [6.45, 7) is 3.54. The van der Waals surface area contributed by atoms with Crippen LogP contribution in [0.1, 0.15) is 20.8 Å². The second-order valence-electron chi connectivity index (χ2n) is 5.13. The molecule has 1 aromatic rings. The highest BCUT2D eigenvalue weighted by Gasteiger charge is 2.36. The van der Waals surface area contributed by atoms with Gasteiger partial charge < -0.3 is 11.1 Å². The standard InChI is InChI=1S/C14H20F3N3O/c1-9(2)20(8-14(15,16)17)10(3)13(21)19-12-7-5-4-6-11(12)18/h4-7,9-10H,8,18H2,1-3H3,(H,19,21). The van der Waals surface area contributed by atoms with Gasteiger partial charge in [-0.2, -0.15) is 13.2 Å². The van der Waals surface area contributed by atoms with E-state index in [9.17, 15) is 18.0 Å². The van der Waals surface area contributed by atoms with Crippen LogP contribution in [-0.4, -0.2) is 35.6 Å². The quantitative estimate of drug-likeness (QED) is 0.822. The number of benzene rings is 1. The first-order valence-electron chi connectivity index (χ1n) is 6.59. The number of hydrogen-bond acceptors (Lipinski definition) is 3. The van der Waals surface area contributed by atoms with Crippen molar-refractivity contribution in [3.05, 3.63) is 24.3 Å². The SMILES string of the molecule is CC(C)N(CC(F)(F)F)C(C)C(=O)Nc1ccccc1N. The Hall–Kier alpha value is -1.76. The van der Waals surface area contributed by atoms with Gasteiger partial charge in [0.05, 0.1) is 24.0 Å². The van der Waals surface area contributed by atoms with Crippen molar-refractivity contribution in [2.75, 3.05) is 17.6 Å². The summed E-state index contributed by atoms with van der Waals surface area (Å²) in [6, 6.07) is 5.26. The van der Waals surface area contributed by atoms with Crippen molar-refractivity contribution in [1.29, 1.82) is 0 Å². The predicted octanol–water partition coefficient (Wildman–Crippen LogP) is 2.87. The van der Waals surface area contributed by atoms with Crippen LogP contribution in [0.2, 0.25) is 0 Å². The third-order valence-electron chi connectivity index (χ3n) is 3.12. The molecular weight excluding hydrogens is 283 g/mol. The highest BCUT2D eigenvalue weighted by Crippen LogP contribution is 2.22. The highest BCUT2D eigenvalue weighted by atomic mass is 19.4. The van der Waals surface area contributed by atoms with Gasteiger partial charge in [-0.05, 0) is 32.9 Å². The number of para-hydroxylation sites is 2. The van der Waals surface area contributed by atoms with Crippen LogP contribution in [0.5, 0.6) is 0 Å². The van der Waals surface area contributed by atoms with Crippen molar-refractivity contribution in [1.82, 2.24) is 4.90 Å². The van der Waals surface area contributed by atoms with Crippen LogP contribution < -0.4 is 11.1 Å². The number of nitrogens with two attached hydrogens (primary N) is 1. The van der Waals surface area contributed by atoms with Gasteiger partial charge in [-0.3, -0.25) is 9.69 Å². The van der Waals surface area contributed by atoms with E-state index in [-0.39, 0.29) is 0 Å².